The minimum Gasteiger partial charge on any atom is -0.354 e. The van der Waals surface area contributed by atoms with E-state index in [4.69, 9.17) is 0 Å². The van der Waals surface area contributed by atoms with Gasteiger partial charge >= 0.3 is 0 Å². The van der Waals surface area contributed by atoms with E-state index in [0.717, 1.165) is 23.7 Å². The lowest BCUT2D eigenvalue weighted by atomic mass is 10.1. The van der Waals surface area contributed by atoms with E-state index in [1.807, 2.05) is 44.2 Å². The third-order valence-electron chi connectivity index (χ3n) is 3.67. The summed E-state index contributed by atoms with van der Waals surface area (Å²) in [6.45, 7) is 4.26. The topological polar surface area (TPSA) is 66.5 Å². The van der Waals surface area contributed by atoms with Gasteiger partial charge in [0.2, 0.25) is 5.91 Å². The Morgan fingerprint density at radius 1 is 1.30 bits per heavy atom. The Bertz CT molecular complexity index is 628. The van der Waals surface area contributed by atoms with Crippen LogP contribution in [0.1, 0.15) is 25.8 Å². The molecule has 0 bridgehead atoms. The average molecular weight is 332 g/mol. The molecule has 2 rings (SSSR count). The molecule has 0 aliphatic carbocycles. The van der Waals surface area contributed by atoms with Gasteiger partial charge in [0.15, 0.2) is 0 Å². The maximum Gasteiger partial charge on any atom is 0.293 e. The van der Waals surface area contributed by atoms with Crippen LogP contribution in [0.25, 0.3) is 6.08 Å². The normalized spacial score (nSPS) is 17.7. The third kappa shape index (κ3) is 4.45. The second-order valence-corrected chi connectivity index (χ2v) is 6.34. The number of benzene rings is 1. The quantitative estimate of drug-likeness (QED) is 0.814. The lowest BCUT2D eigenvalue weighted by molar-refractivity contribution is -0.126. The van der Waals surface area contributed by atoms with Crippen LogP contribution in [0.5, 0.6) is 0 Å². The molecule has 1 atom stereocenters. The molecule has 1 aliphatic heterocycles. The Labute approximate surface area is 140 Å². The van der Waals surface area contributed by atoms with Crippen molar-refractivity contribution < 1.29 is 14.4 Å². The first-order valence-corrected chi connectivity index (χ1v) is 8.42. The van der Waals surface area contributed by atoms with Gasteiger partial charge in [0.25, 0.3) is 11.1 Å². The van der Waals surface area contributed by atoms with Crippen molar-refractivity contribution in [2.45, 2.75) is 20.3 Å². The predicted molar refractivity (Wildman–Crippen MR) is 91.6 cm³/mol. The summed E-state index contributed by atoms with van der Waals surface area (Å²) in [5.74, 6) is -0.427. The van der Waals surface area contributed by atoms with E-state index in [9.17, 15) is 14.4 Å². The molecule has 6 heteroatoms. The van der Waals surface area contributed by atoms with Gasteiger partial charge in [-0.3, -0.25) is 19.3 Å². The maximum atomic E-state index is 12.3. The van der Waals surface area contributed by atoms with Crippen LogP contribution in [0.3, 0.4) is 0 Å². The second-order valence-electron chi connectivity index (χ2n) is 5.34. The van der Waals surface area contributed by atoms with Crippen LogP contribution in [-0.4, -0.2) is 35.0 Å². The van der Waals surface area contributed by atoms with Crippen molar-refractivity contribution in [2.24, 2.45) is 5.92 Å². The third-order valence-corrected chi connectivity index (χ3v) is 4.57. The molecule has 1 saturated heterocycles. The number of carbonyl (C=O) groups is 3. The van der Waals surface area contributed by atoms with Crippen LogP contribution in [0.2, 0.25) is 0 Å². The maximum absolute atomic E-state index is 12.3. The summed E-state index contributed by atoms with van der Waals surface area (Å²) in [7, 11) is 0. The average Bonchev–Trinajstić information content (AvgIpc) is 2.82. The Kier molecular flexibility index (Phi) is 5.98. The van der Waals surface area contributed by atoms with E-state index in [1.54, 1.807) is 6.08 Å². The highest BCUT2D eigenvalue weighted by Gasteiger charge is 2.34. The fraction of sp³-hybridized carbons (Fsp3) is 0.353. The summed E-state index contributed by atoms with van der Waals surface area (Å²) < 4.78 is 0. The highest BCUT2D eigenvalue weighted by atomic mass is 32.2. The van der Waals surface area contributed by atoms with Crippen LogP contribution in [0.4, 0.5) is 4.79 Å². The minimum atomic E-state index is -0.304. The number of hydrogen-bond donors (Lipinski definition) is 1. The first-order valence-electron chi connectivity index (χ1n) is 7.61. The molecule has 1 aromatic rings. The summed E-state index contributed by atoms with van der Waals surface area (Å²) in [6, 6.07) is 9.39. The summed E-state index contributed by atoms with van der Waals surface area (Å²) in [5.41, 5.74) is 0.878. The molecule has 0 radical (unpaired) electrons. The highest BCUT2D eigenvalue weighted by molar-refractivity contribution is 8.18. The number of rotatable bonds is 6. The molecule has 122 valence electrons. The van der Waals surface area contributed by atoms with Crippen molar-refractivity contribution in [3.05, 3.63) is 40.8 Å². The Morgan fingerprint density at radius 3 is 2.65 bits per heavy atom. The van der Waals surface area contributed by atoms with Gasteiger partial charge in [-0.25, -0.2) is 0 Å². The van der Waals surface area contributed by atoms with Crippen molar-refractivity contribution in [1.29, 1.82) is 0 Å². The van der Waals surface area contributed by atoms with Crippen molar-refractivity contribution in [3.63, 3.8) is 0 Å². The number of thioether (sulfide) groups is 1. The molecule has 23 heavy (non-hydrogen) atoms. The van der Waals surface area contributed by atoms with Crippen molar-refractivity contribution >= 4 is 34.9 Å². The number of carbonyl (C=O) groups excluding carboxylic acids is 3. The molecule has 1 heterocycles. The highest BCUT2D eigenvalue weighted by Crippen LogP contribution is 2.31. The molecular formula is C17H20N2O3S. The summed E-state index contributed by atoms with van der Waals surface area (Å²) in [5, 5.41) is 2.46. The van der Waals surface area contributed by atoms with E-state index < -0.39 is 0 Å². The van der Waals surface area contributed by atoms with Gasteiger partial charge in [-0.2, -0.15) is 0 Å². The van der Waals surface area contributed by atoms with Gasteiger partial charge < -0.3 is 5.32 Å². The van der Waals surface area contributed by atoms with E-state index >= 15 is 0 Å². The Balaban J connectivity index is 1.94. The summed E-state index contributed by atoms with van der Waals surface area (Å²) in [4.78, 5) is 37.5. The van der Waals surface area contributed by atoms with Gasteiger partial charge in [0.05, 0.1) is 4.91 Å². The van der Waals surface area contributed by atoms with E-state index in [-0.39, 0.29) is 36.1 Å². The zero-order valence-corrected chi connectivity index (χ0v) is 14.1. The standard InChI is InChI=1S/C17H20N2O3S/c1-3-12(2)15(20)18-9-10-19-16(21)14(23-17(19)22)11-13-7-5-4-6-8-13/h4-8,11-12H,3,9-10H2,1-2H3,(H,18,20)/b14-11-. The number of nitrogens with zero attached hydrogens (tertiary/aromatic N) is 1. The van der Waals surface area contributed by atoms with Crippen LogP contribution < -0.4 is 5.32 Å². The van der Waals surface area contributed by atoms with Gasteiger partial charge in [-0.15, -0.1) is 0 Å². The molecule has 5 nitrogen and oxygen atoms in total. The van der Waals surface area contributed by atoms with E-state index in [1.165, 1.54) is 4.90 Å². The molecule has 0 aromatic heterocycles. The van der Waals surface area contributed by atoms with Crippen molar-refractivity contribution in [2.75, 3.05) is 13.1 Å². The lowest BCUT2D eigenvalue weighted by Crippen LogP contribution is -2.38. The lowest BCUT2D eigenvalue weighted by Gasteiger charge is -2.14. The number of amides is 3. The zero-order chi connectivity index (χ0) is 16.8. The molecule has 1 aromatic carbocycles. The van der Waals surface area contributed by atoms with Crippen LogP contribution in [-0.2, 0) is 9.59 Å². The molecule has 1 unspecified atom stereocenters. The van der Waals surface area contributed by atoms with Gasteiger partial charge in [0.1, 0.15) is 0 Å². The second kappa shape index (κ2) is 7.97. The van der Waals surface area contributed by atoms with Crippen LogP contribution in [0, 0.1) is 5.92 Å². The van der Waals surface area contributed by atoms with Gasteiger partial charge in [-0.05, 0) is 29.8 Å². The molecule has 0 spiro atoms. The van der Waals surface area contributed by atoms with E-state index in [0.29, 0.717) is 4.91 Å². The minimum absolute atomic E-state index is 0.0562. The van der Waals surface area contributed by atoms with E-state index in [2.05, 4.69) is 5.32 Å². The van der Waals surface area contributed by atoms with Crippen molar-refractivity contribution in [3.8, 4) is 0 Å². The van der Waals surface area contributed by atoms with Crippen molar-refractivity contribution in [1.82, 2.24) is 10.2 Å². The molecule has 1 aliphatic rings. The van der Waals surface area contributed by atoms with Crippen LogP contribution >= 0.6 is 11.8 Å². The first-order chi connectivity index (χ1) is 11.0. The SMILES string of the molecule is CCC(C)C(=O)NCCN1C(=O)S/C(=C\c2ccccc2)C1=O. The van der Waals surface area contributed by atoms with Gasteiger partial charge in [0, 0.05) is 19.0 Å². The molecule has 3 amide bonds. The molecular weight excluding hydrogens is 312 g/mol. The Hall–Kier alpha value is -2.08. The number of nitrogens with one attached hydrogen (secondary N) is 1. The molecule has 0 saturated carbocycles. The van der Waals surface area contributed by atoms with Gasteiger partial charge in [-0.1, -0.05) is 44.2 Å². The fourth-order valence-corrected chi connectivity index (χ4v) is 2.91. The smallest absolute Gasteiger partial charge is 0.293 e. The largest absolute Gasteiger partial charge is 0.354 e. The zero-order valence-electron chi connectivity index (χ0n) is 13.2. The Morgan fingerprint density at radius 2 is 2.00 bits per heavy atom. The first kappa shape index (κ1) is 17.3. The monoisotopic (exact) mass is 332 g/mol. The summed E-state index contributed by atoms with van der Waals surface area (Å²) >= 11 is 0.932. The molecule has 1 N–H and O–H groups in total. The van der Waals surface area contributed by atoms with Crippen LogP contribution in [0.15, 0.2) is 35.2 Å². The number of hydrogen-bond acceptors (Lipinski definition) is 4. The summed E-state index contributed by atoms with van der Waals surface area (Å²) in [6.07, 6.45) is 2.47. The fourth-order valence-electron chi connectivity index (χ4n) is 2.04. The predicted octanol–water partition coefficient (Wildman–Crippen LogP) is 2.89. The number of imide groups is 1. The molecule has 1 fully saturated rings.